The Labute approximate surface area is 261 Å². The number of rotatable bonds is 12. The first-order valence-electron chi connectivity index (χ1n) is 15.0. The maximum Gasteiger partial charge on any atom is 0.264 e. The zero-order chi connectivity index (χ0) is 31.9. The van der Waals surface area contributed by atoms with Crippen molar-refractivity contribution in [3.05, 3.63) is 83.4 Å². The topological polar surface area (TPSA) is 105 Å². The minimum atomic E-state index is -4.20. The molecule has 3 aromatic rings. The molecule has 1 fully saturated rings. The Hall–Kier alpha value is -4.05. The fraction of sp³-hybridized carbons (Fsp3) is 0.412. The second-order valence-corrected chi connectivity index (χ2v) is 13.3. The van der Waals surface area contributed by atoms with Crippen LogP contribution in [0.3, 0.4) is 0 Å². The van der Waals surface area contributed by atoms with Gasteiger partial charge in [-0.05, 0) is 63.4 Å². The molecule has 0 bridgehead atoms. The molecular formula is C34H43N3O6S. The van der Waals surface area contributed by atoms with E-state index < -0.39 is 28.5 Å². The van der Waals surface area contributed by atoms with Crippen molar-refractivity contribution in [1.29, 1.82) is 0 Å². The molecule has 1 aliphatic carbocycles. The molecule has 0 aromatic heterocycles. The van der Waals surface area contributed by atoms with E-state index in [1.807, 2.05) is 38.1 Å². The Kier molecular flexibility index (Phi) is 10.9. The summed E-state index contributed by atoms with van der Waals surface area (Å²) < 4.78 is 40.1. The van der Waals surface area contributed by atoms with Crippen LogP contribution >= 0.6 is 0 Å². The number of carbonyl (C=O) groups excluding carboxylic acids is 2. The molecule has 0 spiro atoms. The highest BCUT2D eigenvalue weighted by atomic mass is 32.2. The highest BCUT2D eigenvalue weighted by Crippen LogP contribution is 2.34. The van der Waals surface area contributed by atoms with Crippen LogP contribution in [0, 0.1) is 13.8 Å². The number of methoxy groups -OCH3 is 2. The summed E-state index contributed by atoms with van der Waals surface area (Å²) in [6.45, 7) is 5.14. The third kappa shape index (κ3) is 7.91. The van der Waals surface area contributed by atoms with E-state index in [2.05, 4.69) is 5.32 Å². The number of sulfonamides is 1. The number of nitrogens with one attached hydrogen (secondary N) is 1. The highest BCUT2D eigenvalue weighted by molar-refractivity contribution is 7.92. The minimum Gasteiger partial charge on any atom is -0.493 e. The molecule has 1 atom stereocenters. The van der Waals surface area contributed by atoms with Gasteiger partial charge in [-0.2, -0.15) is 0 Å². The second-order valence-electron chi connectivity index (χ2n) is 11.4. The first-order chi connectivity index (χ1) is 21.0. The number of nitrogens with zero attached hydrogens (tertiary/aromatic N) is 2. The molecule has 1 unspecified atom stereocenters. The summed E-state index contributed by atoms with van der Waals surface area (Å²) >= 11 is 0. The molecular weight excluding hydrogens is 578 g/mol. The fourth-order valence-corrected chi connectivity index (χ4v) is 6.91. The van der Waals surface area contributed by atoms with E-state index in [0.717, 1.165) is 53.1 Å². The number of benzene rings is 3. The standard InChI is InChI=1S/C34H43N3O6S/c1-24-14-17-30(18-15-24)44(40,41)37(29-16-19-31(42-4)32(21-29)43-5)23-33(38)36(22-27-11-9-10-25(2)20-27)26(3)34(39)35-28-12-7-6-8-13-28/h9-11,14-21,26,28H,6-8,12-13,22-23H2,1-5H3,(H,35,39). The van der Waals surface area contributed by atoms with Crippen molar-refractivity contribution in [2.24, 2.45) is 0 Å². The van der Waals surface area contributed by atoms with Gasteiger partial charge in [0.25, 0.3) is 10.0 Å². The van der Waals surface area contributed by atoms with E-state index in [9.17, 15) is 18.0 Å². The molecule has 2 amide bonds. The van der Waals surface area contributed by atoms with Crippen LogP contribution in [0.4, 0.5) is 5.69 Å². The Morgan fingerprint density at radius 3 is 2.20 bits per heavy atom. The van der Waals surface area contributed by atoms with E-state index in [-0.39, 0.29) is 29.1 Å². The van der Waals surface area contributed by atoms with Crippen LogP contribution in [-0.4, -0.2) is 58.0 Å². The number of hydrogen-bond donors (Lipinski definition) is 1. The summed E-state index contributed by atoms with van der Waals surface area (Å²) in [7, 11) is -1.25. The molecule has 1 saturated carbocycles. The third-order valence-corrected chi connectivity index (χ3v) is 9.89. The first-order valence-corrected chi connectivity index (χ1v) is 16.4. The van der Waals surface area contributed by atoms with Crippen molar-refractivity contribution in [2.75, 3.05) is 25.1 Å². The smallest absolute Gasteiger partial charge is 0.264 e. The lowest BCUT2D eigenvalue weighted by atomic mass is 9.95. The van der Waals surface area contributed by atoms with Crippen molar-refractivity contribution >= 4 is 27.5 Å². The number of ether oxygens (including phenoxy) is 2. The second kappa shape index (κ2) is 14.6. The van der Waals surface area contributed by atoms with Gasteiger partial charge in [0.1, 0.15) is 12.6 Å². The number of anilines is 1. The first kappa shape index (κ1) is 32.9. The third-order valence-electron chi connectivity index (χ3n) is 8.10. The van der Waals surface area contributed by atoms with Crippen molar-refractivity contribution < 1.29 is 27.5 Å². The monoisotopic (exact) mass is 621 g/mol. The van der Waals surface area contributed by atoms with E-state index in [1.54, 1.807) is 31.2 Å². The Balaban J connectivity index is 1.72. The lowest BCUT2D eigenvalue weighted by Gasteiger charge is -2.33. The SMILES string of the molecule is COc1ccc(N(CC(=O)N(Cc2cccc(C)c2)C(C)C(=O)NC2CCCCC2)S(=O)(=O)c2ccc(C)cc2)cc1OC. The van der Waals surface area contributed by atoms with Gasteiger partial charge in [0.2, 0.25) is 11.8 Å². The van der Waals surface area contributed by atoms with Crippen LogP contribution in [0.25, 0.3) is 0 Å². The van der Waals surface area contributed by atoms with Gasteiger partial charge >= 0.3 is 0 Å². The molecule has 0 saturated heterocycles. The number of hydrogen-bond acceptors (Lipinski definition) is 6. The average molecular weight is 622 g/mol. The summed E-state index contributed by atoms with van der Waals surface area (Å²) in [6.07, 6.45) is 5.09. The summed E-state index contributed by atoms with van der Waals surface area (Å²) in [6, 6.07) is 18.1. The van der Waals surface area contributed by atoms with Gasteiger partial charge in [-0.15, -0.1) is 0 Å². The quantitative estimate of drug-likeness (QED) is 0.291. The van der Waals surface area contributed by atoms with Crippen LogP contribution in [0.15, 0.2) is 71.6 Å². The zero-order valence-corrected chi connectivity index (χ0v) is 27.0. The minimum absolute atomic E-state index is 0.0407. The van der Waals surface area contributed by atoms with E-state index in [4.69, 9.17) is 9.47 Å². The zero-order valence-electron chi connectivity index (χ0n) is 26.2. The van der Waals surface area contributed by atoms with Crippen LogP contribution in [0.1, 0.15) is 55.7 Å². The van der Waals surface area contributed by atoms with Gasteiger partial charge in [0.15, 0.2) is 11.5 Å². The van der Waals surface area contributed by atoms with Gasteiger partial charge in [0, 0.05) is 18.7 Å². The van der Waals surface area contributed by atoms with Gasteiger partial charge in [-0.3, -0.25) is 13.9 Å². The average Bonchev–Trinajstić information content (AvgIpc) is 3.02. The number of carbonyl (C=O) groups is 2. The summed E-state index contributed by atoms with van der Waals surface area (Å²) in [5.41, 5.74) is 2.99. The molecule has 1 aliphatic rings. The molecule has 0 heterocycles. The molecule has 10 heteroatoms. The molecule has 0 radical (unpaired) electrons. The number of amides is 2. The normalized spacial score (nSPS) is 14.4. The highest BCUT2D eigenvalue weighted by Gasteiger charge is 2.33. The Morgan fingerprint density at radius 2 is 1.57 bits per heavy atom. The molecule has 44 heavy (non-hydrogen) atoms. The Morgan fingerprint density at radius 1 is 0.886 bits per heavy atom. The van der Waals surface area contributed by atoms with E-state index in [0.29, 0.717) is 11.5 Å². The van der Waals surface area contributed by atoms with Gasteiger partial charge in [-0.1, -0.05) is 66.8 Å². The summed E-state index contributed by atoms with van der Waals surface area (Å²) in [5.74, 6) is -0.0250. The maximum atomic E-state index is 14.2. The largest absolute Gasteiger partial charge is 0.493 e. The van der Waals surface area contributed by atoms with Gasteiger partial charge in [0.05, 0.1) is 24.8 Å². The summed E-state index contributed by atoms with van der Waals surface area (Å²) in [4.78, 5) is 29.3. The lowest BCUT2D eigenvalue weighted by Crippen LogP contribution is -2.53. The summed E-state index contributed by atoms with van der Waals surface area (Å²) in [5, 5.41) is 3.13. The van der Waals surface area contributed by atoms with Crippen molar-refractivity contribution in [3.63, 3.8) is 0 Å². The maximum absolute atomic E-state index is 14.2. The van der Waals surface area contributed by atoms with Gasteiger partial charge < -0.3 is 19.7 Å². The van der Waals surface area contributed by atoms with Crippen LogP contribution < -0.4 is 19.1 Å². The van der Waals surface area contributed by atoms with E-state index in [1.165, 1.54) is 37.3 Å². The van der Waals surface area contributed by atoms with E-state index >= 15 is 0 Å². The predicted octanol–water partition coefficient (Wildman–Crippen LogP) is 5.38. The molecule has 4 rings (SSSR count). The van der Waals surface area contributed by atoms with Crippen LogP contribution in [-0.2, 0) is 26.2 Å². The lowest BCUT2D eigenvalue weighted by molar-refractivity contribution is -0.139. The van der Waals surface area contributed by atoms with Crippen LogP contribution in [0.2, 0.25) is 0 Å². The van der Waals surface area contributed by atoms with Crippen molar-refractivity contribution in [3.8, 4) is 11.5 Å². The number of aryl methyl sites for hydroxylation is 2. The molecule has 236 valence electrons. The molecule has 9 nitrogen and oxygen atoms in total. The van der Waals surface area contributed by atoms with Gasteiger partial charge in [-0.25, -0.2) is 8.42 Å². The Bertz CT molecular complexity index is 1550. The fourth-order valence-electron chi connectivity index (χ4n) is 5.50. The predicted molar refractivity (Wildman–Crippen MR) is 171 cm³/mol. The van der Waals surface area contributed by atoms with Crippen LogP contribution in [0.5, 0.6) is 11.5 Å². The molecule has 1 N–H and O–H groups in total. The van der Waals surface area contributed by atoms with Crippen molar-refractivity contribution in [2.45, 2.75) is 76.4 Å². The molecule has 0 aliphatic heterocycles. The van der Waals surface area contributed by atoms with Crippen molar-refractivity contribution in [1.82, 2.24) is 10.2 Å². The molecule has 3 aromatic carbocycles.